The maximum absolute atomic E-state index is 12.7. The van der Waals surface area contributed by atoms with Crippen LogP contribution in [-0.2, 0) is 11.8 Å². The fourth-order valence-electron chi connectivity index (χ4n) is 3.51. The Hall–Kier alpha value is -3.78. The fourth-order valence-corrected chi connectivity index (χ4v) is 3.51. The number of benzene rings is 2. The summed E-state index contributed by atoms with van der Waals surface area (Å²) in [4.78, 5) is 23.6. The first-order valence-electron chi connectivity index (χ1n) is 10.3. The Labute approximate surface area is 186 Å². The third kappa shape index (κ3) is 4.04. The van der Waals surface area contributed by atoms with Crippen molar-refractivity contribution >= 4 is 22.5 Å². The standard InChI is InChI=1S/C24H26N6O2/c1-15(29(2)3)24(31)27-20-11-17-19(12-21(20)32-5)25-14-26-23(17)18-13-30(4)28-22(18)16-9-7-6-8-10-16/h6-15H,1-5H3,(H,27,31). The molecule has 8 heteroatoms. The molecule has 8 nitrogen and oxygen atoms in total. The minimum atomic E-state index is -0.301. The largest absolute Gasteiger partial charge is 0.494 e. The van der Waals surface area contributed by atoms with Gasteiger partial charge in [0.25, 0.3) is 0 Å². The van der Waals surface area contributed by atoms with Gasteiger partial charge in [0.05, 0.1) is 30.0 Å². The second-order valence-electron chi connectivity index (χ2n) is 7.85. The van der Waals surface area contributed by atoms with Gasteiger partial charge in [-0.05, 0) is 27.1 Å². The minimum absolute atomic E-state index is 0.127. The average molecular weight is 431 g/mol. The highest BCUT2D eigenvalue weighted by molar-refractivity contribution is 6.02. The number of rotatable bonds is 6. The number of nitrogens with one attached hydrogen (secondary N) is 1. The minimum Gasteiger partial charge on any atom is -0.494 e. The van der Waals surface area contributed by atoms with Crippen molar-refractivity contribution < 1.29 is 9.53 Å². The van der Waals surface area contributed by atoms with Crippen molar-refractivity contribution in [3.8, 4) is 28.3 Å². The Kier molecular flexibility index (Phi) is 5.87. The number of nitrogens with zero attached hydrogens (tertiary/aromatic N) is 5. The van der Waals surface area contributed by atoms with Crippen LogP contribution in [0.5, 0.6) is 5.75 Å². The third-order valence-electron chi connectivity index (χ3n) is 5.50. The second kappa shape index (κ2) is 8.76. The summed E-state index contributed by atoms with van der Waals surface area (Å²) in [6.07, 6.45) is 3.48. The number of aryl methyl sites for hydroxylation is 1. The Morgan fingerprint density at radius 2 is 1.88 bits per heavy atom. The van der Waals surface area contributed by atoms with Gasteiger partial charge < -0.3 is 10.1 Å². The summed E-state index contributed by atoms with van der Waals surface area (Å²) >= 11 is 0. The number of carbonyl (C=O) groups is 1. The van der Waals surface area contributed by atoms with Crippen molar-refractivity contribution in [1.29, 1.82) is 0 Å². The first-order valence-corrected chi connectivity index (χ1v) is 10.3. The number of anilines is 1. The van der Waals surface area contributed by atoms with Crippen LogP contribution in [0.4, 0.5) is 5.69 Å². The normalized spacial score (nSPS) is 12.2. The van der Waals surface area contributed by atoms with E-state index in [1.807, 2.05) is 81.6 Å². The molecule has 1 N–H and O–H groups in total. The van der Waals surface area contributed by atoms with Crippen LogP contribution in [0.2, 0.25) is 0 Å². The van der Waals surface area contributed by atoms with Crippen LogP contribution in [0, 0.1) is 0 Å². The molecule has 2 heterocycles. The molecule has 0 saturated carbocycles. The molecule has 0 radical (unpaired) electrons. The number of methoxy groups -OCH3 is 1. The molecule has 1 atom stereocenters. The van der Waals surface area contributed by atoms with E-state index in [1.165, 1.54) is 6.33 Å². The third-order valence-corrected chi connectivity index (χ3v) is 5.50. The first-order chi connectivity index (χ1) is 15.4. The van der Waals surface area contributed by atoms with Gasteiger partial charge in [-0.25, -0.2) is 9.97 Å². The van der Waals surface area contributed by atoms with E-state index in [0.717, 1.165) is 27.9 Å². The van der Waals surface area contributed by atoms with Crippen LogP contribution < -0.4 is 10.1 Å². The molecule has 1 amide bonds. The quantitative estimate of drug-likeness (QED) is 0.503. The van der Waals surface area contributed by atoms with Crippen LogP contribution in [0.3, 0.4) is 0 Å². The van der Waals surface area contributed by atoms with E-state index >= 15 is 0 Å². The highest BCUT2D eigenvalue weighted by atomic mass is 16.5. The van der Waals surface area contributed by atoms with Crippen LogP contribution in [0.25, 0.3) is 33.4 Å². The summed E-state index contributed by atoms with van der Waals surface area (Å²) in [6.45, 7) is 1.85. The van der Waals surface area contributed by atoms with Gasteiger partial charge >= 0.3 is 0 Å². The van der Waals surface area contributed by atoms with Crippen molar-refractivity contribution in [2.24, 2.45) is 7.05 Å². The van der Waals surface area contributed by atoms with E-state index in [0.29, 0.717) is 17.0 Å². The van der Waals surface area contributed by atoms with Crippen molar-refractivity contribution in [3.05, 3.63) is 55.0 Å². The second-order valence-corrected chi connectivity index (χ2v) is 7.85. The number of hydrogen-bond acceptors (Lipinski definition) is 6. The molecule has 1 unspecified atom stereocenters. The maximum atomic E-state index is 12.7. The van der Waals surface area contributed by atoms with Gasteiger partial charge in [0, 0.05) is 35.8 Å². The zero-order chi connectivity index (χ0) is 22.8. The Morgan fingerprint density at radius 1 is 1.12 bits per heavy atom. The molecule has 0 bridgehead atoms. The molecule has 0 spiro atoms. The predicted octanol–water partition coefficient (Wildman–Crippen LogP) is 3.59. The molecular weight excluding hydrogens is 404 g/mol. The topological polar surface area (TPSA) is 85.2 Å². The van der Waals surface area contributed by atoms with Crippen molar-refractivity contribution in [2.75, 3.05) is 26.5 Å². The van der Waals surface area contributed by atoms with Crippen molar-refractivity contribution in [1.82, 2.24) is 24.6 Å². The predicted molar refractivity (Wildman–Crippen MR) is 126 cm³/mol. The van der Waals surface area contributed by atoms with E-state index in [1.54, 1.807) is 11.8 Å². The number of carbonyl (C=O) groups excluding carboxylic acids is 1. The number of aromatic nitrogens is 4. The van der Waals surface area contributed by atoms with Crippen molar-refractivity contribution in [3.63, 3.8) is 0 Å². The molecule has 0 fully saturated rings. The van der Waals surface area contributed by atoms with E-state index in [-0.39, 0.29) is 11.9 Å². The highest BCUT2D eigenvalue weighted by Gasteiger charge is 2.20. The monoisotopic (exact) mass is 430 g/mol. The molecule has 4 aromatic rings. The van der Waals surface area contributed by atoms with Gasteiger partial charge in [-0.1, -0.05) is 30.3 Å². The van der Waals surface area contributed by atoms with Gasteiger partial charge in [0.1, 0.15) is 17.8 Å². The molecular formula is C24H26N6O2. The molecule has 2 aromatic heterocycles. The summed E-state index contributed by atoms with van der Waals surface area (Å²) in [5.41, 5.74) is 4.73. The summed E-state index contributed by atoms with van der Waals surface area (Å²) in [5, 5.41) is 8.45. The number of amides is 1. The number of ether oxygens (including phenoxy) is 1. The molecule has 0 aliphatic rings. The van der Waals surface area contributed by atoms with Gasteiger partial charge in [-0.15, -0.1) is 0 Å². The molecule has 0 aliphatic carbocycles. The molecule has 164 valence electrons. The summed E-state index contributed by atoms with van der Waals surface area (Å²) in [5.74, 6) is 0.410. The lowest BCUT2D eigenvalue weighted by atomic mass is 10.0. The van der Waals surface area contributed by atoms with Gasteiger partial charge in [0.15, 0.2) is 0 Å². The van der Waals surface area contributed by atoms with Crippen LogP contribution in [-0.4, -0.2) is 57.8 Å². The first kappa shape index (κ1) is 21.5. The SMILES string of the molecule is COc1cc2ncnc(-c3cn(C)nc3-c3ccccc3)c2cc1NC(=O)C(C)N(C)C. The molecule has 4 rings (SSSR count). The van der Waals surface area contributed by atoms with Crippen LogP contribution in [0.15, 0.2) is 55.0 Å². The van der Waals surface area contributed by atoms with Gasteiger partial charge in [-0.3, -0.25) is 14.4 Å². The lowest BCUT2D eigenvalue weighted by molar-refractivity contribution is -0.119. The molecule has 2 aromatic carbocycles. The van der Waals surface area contributed by atoms with Crippen LogP contribution >= 0.6 is 0 Å². The molecule has 0 aliphatic heterocycles. The van der Waals surface area contributed by atoms with E-state index < -0.39 is 0 Å². The van der Waals surface area contributed by atoms with Gasteiger partial charge in [-0.2, -0.15) is 5.10 Å². The zero-order valence-electron chi connectivity index (χ0n) is 18.8. The van der Waals surface area contributed by atoms with E-state index in [9.17, 15) is 4.79 Å². The van der Waals surface area contributed by atoms with Crippen LogP contribution in [0.1, 0.15) is 6.92 Å². The molecule has 32 heavy (non-hydrogen) atoms. The van der Waals surface area contributed by atoms with Crippen molar-refractivity contribution in [2.45, 2.75) is 13.0 Å². The van der Waals surface area contributed by atoms with E-state index in [2.05, 4.69) is 20.4 Å². The lowest BCUT2D eigenvalue weighted by Gasteiger charge is -2.20. The Morgan fingerprint density at radius 3 is 2.56 bits per heavy atom. The summed E-state index contributed by atoms with van der Waals surface area (Å²) in [7, 11) is 7.18. The average Bonchev–Trinajstić information content (AvgIpc) is 3.19. The smallest absolute Gasteiger partial charge is 0.241 e. The fraction of sp³-hybridized carbons (Fsp3) is 0.250. The maximum Gasteiger partial charge on any atom is 0.241 e. The Bertz CT molecular complexity index is 1270. The zero-order valence-corrected chi connectivity index (χ0v) is 18.8. The summed E-state index contributed by atoms with van der Waals surface area (Å²) < 4.78 is 7.31. The van der Waals surface area contributed by atoms with E-state index in [4.69, 9.17) is 4.74 Å². The highest BCUT2D eigenvalue weighted by Crippen LogP contribution is 2.37. The van der Waals surface area contributed by atoms with Gasteiger partial charge in [0.2, 0.25) is 5.91 Å². The lowest BCUT2D eigenvalue weighted by Crippen LogP contribution is -2.37. The molecule has 0 saturated heterocycles. The number of likely N-dealkylation sites (N-methyl/N-ethyl adjacent to an activating group) is 1. The number of hydrogen-bond donors (Lipinski definition) is 1. The Balaban J connectivity index is 1.87. The number of fused-ring (bicyclic) bond motifs is 1. The summed E-state index contributed by atoms with van der Waals surface area (Å²) in [6, 6.07) is 13.4.